The maximum atomic E-state index is 13.8. The molecular formula is C27H25F4NO. The summed E-state index contributed by atoms with van der Waals surface area (Å²) < 4.78 is 52.0. The lowest BCUT2D eigenvalue weighted by molar-refractivity contribution is -0.137. The number of ketones is 1. The molecule has 0 aliphatic heterocycles. The standard InChI is InChI=1S/C27H25F4NO/c28-21-5-6-24-23(14-21)22(9-12-32-24)18-7-10-26(11-8-18)15-19(16-26)25(33)13-17-1-3-20(4-2-17)27(29,30)31/h1-6,9,12,14,18-19H,7-8,10-11,13,15-16H2. The second-order valence-corrected chi connectivity index (χ2v) is 9.78. The van der Waals surface area contributed by atoms with Crippen LogP contribution >= 0.6 is 0 Å². The third-order valence-corrected chi connectivity index (χ3v) is 7.70. The number of carbonyl (C=O) groups is 1. The Labute approximate surface area is 190 Å². The van der Waals surface area contributed by atoms with Gasteiger partial charge in [0.05, 0.1) is 11.1 Å². The Balaban J connectivity index is 1.18. The Bertz CT molecular complexity index is 1170. The van der Waals surface area contributed by atoms with E-state index in [-0.39, 0.29) is 29.4 Å². The minimum absolute atomic E-state index is 0.000283. The molecule has 172 valence electrons. The fraction of sp³-hybridized carbons (Fsp3) is 0.407. The van der Waals surface area contributed by atoms with Crippen LogP contribution in [-0.4, -0.2) is 10.8 Å². The molecule has 0 saturated heterocycles. The summed E-state index contributed by atoms with van der Waals surface area (Å²) in [7, 11) is 0. The third-order valence-electron chi connectivity index (χ3n) is 7.70. The number of nitrogens with zero attached hydrogens (tertiary/aromatic N) is 1. The highest BCUT2D eigenvalue weighted by atomic mass is 19.4. The number of hydrogen-bond acceptors (Lipinski definition) is 2. The minimum Gasteiger partial charge on any atom is -0.299 e. The first-order chi connectivity index (χ1) is 15.7. The highest BCUT2D eigenvalue weighted by Gasteiger charge is 2.48. The summed E-state index contributed by atoms with van der Waals surface area (Å²) in [6.07, 6.45) is 3.45. The number of carbonyl (C=O) groups excluding carboxylic acids is 1. The maximum absolute atomic E-state index is 13.8. The van der Waals surface area contributed by atoms with E-state index in [0.29, 0.717) is 11.5 Å². The molecule has 0 atom stereocenters. The lowest BCUT2D eigenvalue weighted by atomic mass is 9.53. The summed E-state index contributed by atoms with van der Waals surface area (Å²) in [5.41, 5.74) is 2.11. The molecule has 2 fully saturated rings. The molecule has 0 amide bonds. The van der Waals surface area contributed by atoms with E-state index in [1.807, 2.05) is 6.07 Å². The summed E-state index contributed by atoms with van der Waals surface area (Å²) in [6.45, 7) is 0. The highest BCUT2D eigenvalue weighted by Crippen LogP contribution is 2.57. The molecule has 0 radical (unpaired) electrons. The van der Waals surface area contributed by atoms with E-state index in [9.17, 15) is 22.4 Å². The number of aromatic nitrogens is 1. The first-order valence-electron chi connectivity index (χ1n) is 11.5. The largest absolute Gasteiger partial charge is 0.416 e. The molecule has 1 spiro atoms. The Morgan fingerprint density at radius 3 is 2.36 bits per heavy atom. The molecule has 2 saturated carbocycles. The number of hydrogen-bond donors (Lipinski definition) is 0. The average Bonchev–Trinajstić information content (AvgIpc) is 2.77. The Morgan fingerprint density at radius 2 is 1.70 bits per heavy atom. The third kappa shape index (κ3) is 4.40. The topological polar surface area (TPSA) is 30.0 Å². The Hall–Kier alpha value is -2.76. The van der Waals surface area contributed by atoms with Crippen molar-refractivity contribution in [1.82, 2.24) is 4.98 Å². The molecule has 2 aliphatic rings. The van der Waals surface area contributed by atoms with Gasteiger partial charge in [-0.05, 0) is 97.4 Å². The van der Waals surface area contributed by atoms with E-state index >= 15 is 0 Å². The van der Waals surface area contributed by atoms with Crippen LogP contribution in [0.2, 0.25) is 0 Å². The van der Waals surface area contributed by atoms with Gasteiger partial charge >= 0.3 is 6.18 Å². The van der Waals surface area contributed by atoms with Crippen LogP contribution in [0.1, 0.15) is 61.1 Å². The molecule has 0 bridgehead atoms. The molecule has 1 aromatic heterocycles. The van der Waals surface area contributed by atoms with Crippen molar-refractivity contribution in [3.8, 4) is 0 Å². The van der Waals surface area contributed by atoms with Gasteiger partial charge in [0, 0.05) is 23.9 Å². The van der Waals surface area contributed by atoms with Crippen LogP contribution in [0, 0.1) is 17.2 Å². The molecular weight excluding hydrogens is 430 g/mol. The summed E-state index contributed by atoms with van der Waals surface area (Å²) in [6, 6.07) is 11.6. The predicted octanol–water partition coefficient (Wildman–Crippen LogP) is 7.26. The van der Waals surface area contributed by atoms with Crippen LogP contribution in [0.25, 0.3) is 10.9 Å². The zero-order valence-electron chi connectivity index (χ0n) is 18.2. The SMILES string of the molecule is O=C(Cc1ccc(C(F)(F)F)cc1)C1CC2(CCC(c3ccnc4ccc(F)cc34)CC2)C1. The number of pyridine rings is 1. The van der Waals surface area contributed by atoms with Gasteiger partial charge in [-0.1, -0.05) is 12.1 Å². The summed E-state index contributed by atoms with van der Waals surface area (Å²) in [5, 5.41) is 0.886. The molecule has 2 aliphatic carbocycles. The predicted molar refractivity (Wildman–Crippen MR) is 118 cm³/mol. The molecule has 5 rings (SSSR count). The molecule has 33 heavy (non-hydrogen) atoms. The summed E-state index contributed by atoms with van der Waals surface area (Å²) in [4.78, 5) is 17.1. The smallest absolute Gasteiger partial charge is 0.299 e. The quantitative estimate of drug-likeness (QED) is 0.388. The highest BCUT2D eigenvalue weighted by molar-refractivity contribution is 5.84. The second kappa shape index (κ2) is 8.23. The number of benzene rings is 2. The molecule has 2 nitrogen and oxygen atoms in total. The Morgan fingerprint density at radius 1 is 1.00 bits per heavy atom. The molecule has 3 aromatic rings. The molecule has 6 heteroatoms. The van der Waals surface area contributed by atoms with Gasteiger partial charge in [-0.3, -0.25) is 9.78 Å². The van der Waals surface area contributed by atoms with Crippen molar-refractivity contribution < 1.29 is 22.4 Å². The van der Waals surface area contributed by atoms with Crippen molar-refractivity contribution in [2.45, 2.75) is 57.0 Å². The van der Waals surface area contributed by atoms with Crippen LogP contribution in [0.3, 0.4) is 0 Å². The number of rotatable bonds is 4. The van der Waals surface area contributed by atoms with Crippen molar-refractivity contribution >= 4 is 16.7 Å². The number of halogens is 4. The normalized spacial score (nSPS) is 25.2. The molecule has 0 unspecified atom stereocenters. The Kier molecular flexibility index (Phi) is 5.50. The number of alkyl halides is 3. The zero-order valence-corrected chi connectivity index (χ0v) is 18.2. The van der Waals surface area contributed by atoms with E-state index in [4.69, 9.17) is 0 Å². The molecule has 0 N–H and O–H groups in total. The lowest BCUT2D eigenvalue weighted by Gasteiger charge is -2.51. The number of Topliss-reactive ketones (excluding diaryl/α,β-unsaturated/α-hetero) is 1. The van der Waals surface area contributed by atoms with Crippen molar-refractivity contribution in [1.29, 1.82) is 0 Å². The van der Waals surface area contributed by atoms with Gasteiger partial charge < -0.3 is 0 Å². The van der Waals surface area contributed by atoms with Gasteiger partial charge in [0.1, 0.15) is 11.6 Å². The van der Waals surface area contributed by atoms with Crippen LogP contribution in [0.5, 0.6) is 0 Å². The molecule has 2 aromatic carbocycles. The monoisotopic (exact) mass is 455 g/mol. The van der Waals surface area contributed by atoms with Crippen LogP contribution in [-0.2, 0) is 17.4 Å². The van der Waals surface area contributed by atoms with Gasteiger partial charge in [0.2, 0.25) is 0 Å². The van der Waals surface area contributed by atoms with E-state index in [0.717, 1.165) is 67.1 Å². The maximum Gasteiger partial charge on any atom is 0.416 e. The zero-order chi connectivity index (χ0) is 23.2. The molecule has 1 heterocycles. The van der Waals surface area contributed by atoms with Gasteiger partial charge in [-0.2, -0.15) is 13.2 Å². The van der Waals surface area contributed by atoms with E-state index in [1.54, 1.807) is 18.3 Å². The first kappa shape index (κ1) is 22.1. The van der Waals surface area contributed by atoms with Gasteiger partial charge in [0.15, 0.2) is 0 Å². The van der Waals surface area contributed by atoms with Crippen molar-refractivity contribution in [2.24, 2.45) is 11.3 Å². The van der Waals surface area contributed by atoms with Gasteiger partial charge in [-0.25, -0.2) is 4.39 Å². The summed E-state index contributed by atoms with van der Waals surface area (Å²) in [5.74, 6) is 0.236. The van der Waals surface area contributed by atoms with Gasteiger partial charge in [0.25, 0.3) is 0 Å². The fourth-order valence-corrected chi connectivity index (χ4v) is 5.82. The van der Waals surface area contributed by atoms with E-state index < -0.39 is 11.7 Å². The second-order valence-electron chi connectivity index (χ2n) is 9.78. The van der Waals surface area contributed by atoms with Crippen LogP contribution < -0.4 is 0 Å². The number of fused-ring (bicyclic) bond motifs is 1. The van der Waals surface area contributed by atoms with Crippen LogP contribution in [0.4, 0.5) is 17.6 Å². The summed E-state index contributed by atoms with van der Waals surface area (Å²) >= 11 is 0. The average molecular weight is 455 g/mol. The van der Waals surface area contributed by atoms with Crippen molar-refractivity contribution in [3.05, 3.63) is 77.2 Å². The minimum atomic E-state index is -4.36. The first-order valence-corrected chi connectivity index (χ1v) is 11.5. The fourth-order valence-electron chi connectivity index (χ4n) is 5.82. The van der Waals surface area contributed by atoms with Crippen LogP contribution in [0.15, 0.2) is 54.7 Å². The lowest BCUT2D eigenvalue weighted by Crippen LogP contribution is -2.43. The van der Waals surface area contributed by atoms with E-state index in [1.165, 1.54) is 18.2 Å². The van der Waals surface area contributed by atoms with Crippen molar-refractivity contribution in [2.75, 3.05) is 0 Å². The van der Waals surface area contributed by atoms with Gasteiger partial charge in [-0.15, -0.1) is 0 Å². The van der Waals surface area contributed by atoms with E-state index in [2.05, 4.69) is 4.98 Å². The van der Waals surface area contributed by atoms with Crippen molar-refractivity contribution in [3.63, 3.8) is 0 Å².